The van der Waals surface area contributed by atoms with Gasteiger partial charge >= 0.3 is 5.97 Å². The molecule has 0 saturated carbocycles. The lowest BCUT2D eigenvalue weighted by molar-refractivity contribution is -0.145. The number of rotatable bonds is 11. The molecule has 1 unspecified atom stereocenters. The maximum Gasteiger partial charge on any atom is 0.323 e. The largest absolute Gasteiger partial charge is 0.480 e. The molecule has 0 aliphatic rings. The number of nitrogens with one attached hydrogen (secondary N) is 1. The lowest BCUT2D eigenvalue weighted by atomic mass is 9.91. The molecule has 4 nitrogen and oxygen atoms in total. The Hall–Kier alpha value is -0.260. The van der Waals surface area contributed by atoms with Crippen LogP contribution in [0.25, 0.3) is 0 Å². The molecular weight excluding hydrogens is 238 g/mol. The molecule has 17 heavy (non-hydrogen) atoms. The van der Waals surface area contributed by atoms with Gasteiger partial charge in [-0.25, -0.2) is 0 Å². The quantitative estimate of drug-likeness (QED) is 0.558. The van der Waals surface area contributed by atoms with Crippen LogP contribution in [0.3, 0.4) is 0 Å². The predicted molar refractivity (Wildman–Crippen MR) is 72.8 cm³/mol. The molecule has 0 spiro atoms. The van der Waals surface area contributed by atoms with E-state index in [4.69, 9.17) is 4.74 Å². The third-order valence-corrected chi connectivity index (χ3v) is 4.18. The molecular formula is C12H25NO3S. The van der Waals surface area contributed by atoms with Crippen LogP contribution in [0.4, 0.5) is 0 Å². The van der Waals surface area contributed by atoms with Crippen molar-refractivity contribution in [3.05, 3.63) is 0 Å². The molecule has 0 aromatic carbocycles. The summed E-state index contributed by atoms with van der Waals surface area (Å²) in [6.07, 6.45) is 3.30. The molecule has 0 bridgehead atoms. The van der Waals surface area contributed by atoms with Gasteiger partial charge in [0.1, 0.15) is 5.54 Å². The molecule has 0 saturated heterocycles. The van der Waals surface area contributed by atoms with Crippen LogP contribution in [0.5, 0.6) is 0 Å². The summed E-state index contributed by atoms with van der Waals surface area (Å²) in [6, 6.07) is 0. The van der Waals surface area contributed by atoms with Gasteiger partial charge in [0.2, 0.25) is 0 Å². The number of carboxylic acid groups (broad SMARTS) is 1. The van der Waals surface area contributed by atoms with Crippen LogP contribution < -0.4 is 5.32 Å². The molecule has 0 fully saturated rings. The van der Waals surface area contributed by atoms with Gasteiger partial charge in [0, 0.05) is 13.7 Å². The van der Waals surface area contributed by atoms with Crippen molar-refractivity contribution in [2.45, 2.75) is 38.1 Å². The Morgan fingerprint density at radius 1 is 1.41 bits per heavy atom. The lowest BCUT2D eigenvalue weighted by Crippen LogP contribution is -2.49. The van der Waals surface area contributed by atoms with Gasteiger partial charge in [-0.05, 0) is 44.2 Å². The second kappa shape index (κ2) is 9.74. The topological polar surface area (TPSA) is 58.6 Å². The van der Waals surface area contributed by atoms with Crippen molar-refractivity contribution in [3.8, 4) is 0 Å². The van der Waals surface area contributed by atoms with Crippen molar-refractivity contribution in [2.24, 2.45) is 0 Å². The van der Waals surface area contributed by atoms with Gasteiger partial charge in [-0.2, -0.15) is 11.8 Å². The Morgan fingerprint density at radius 2 is 2.06 bits per heavy atom. The minimum Gasteiger partial charge on any atom is -0.480 e. The summed E-state index contributed by atoms with van der Waals surface area (Å²) in [7, 11) is 3.43. The number of hydrogen-bond acceptors (Lipinski definition) is 4. The molecule has 0 aliphatic carbocycles. The zero-order chi connectivity index (χ0) is 13.1. The highest BCUT2D eigenvalue weighted by Gasteiger charge is 2.33. The van der Waals surface area contributed by atoms with E-state index in [0.29, 0.717) is 12.8 Å². The number of carbonyl (C=O) groups is 1. The van der Waals surface area contributed by atoms with Gasteiger partial charge in [0.05, 0.1) is 0 Å². The van der Waals surface area contributed by atoms with Crippen LogP contribution in [0.2, 0.25) is 0 Å². The molecule has 0 rings (SSSR count). The van der Waals surface area contributed by atoms with Crippen molar-refractivity contribution in [1.29, 1.82) is 0 Å². The Kier molecular flexibility index (Phi) is 9.59. The SMILES string of the molecule is CCC(CCCSCCCOC)(NC)C(=O)O. The molecule has 0 aromatic heterocycles. The zero-order valence-corrected chi connectivity index (χ0v) is 11.9. The summed E-state index contributed by atoms with van der Waals surface area (Å²) in [5, 5.41) is 12.2. The normalized spacial score (nSPS) is 14.5. The number of thioether (sulfide) groups is 1. The molecule has 1 atom stereocenters. The van der Waals surface area contributed by atoms with Gasteiger partial charge in [0.15, 0.2) is 0 Å². The van der Waals surface area contributed by atoms with E-state index in [9.17, 15) is 9.90 Å². The fraction of sp³-hybridized carbons (Fsp3) is 0.917. The average molecular weight is 263 g/mol. The number of aliphatic carboxylic acids is 1. The van der Waals surface area contributed by atoms with Crippen molar-refractivity contribution < 1.29 is 14.6 Å². The van der Waals surface area contributed by atoms with Crippen LogP contribution in [0.1, 0.15) is 32.6 Å². The number of carboxylic acids is 1. The van der Waals surface area contributed by atoms with E-state index in [-0.39, 0.29) is 0 Å². The van der Waals surface area contributed by atoms with E-state index >= 15 is 0 Å². The second-order valence-electron chi connectivity index (χ2n) is 4.05. The van der Waals surface area contributed by atoms with Crippen molar-refractivity contribution >= 4 is 17.7 Å². The average Bonchev–Trinajstić information content (AvgIpc) is 2.33. The van der Waals surface area contributed by atoms with E-state index in [1.807, 2.05) is 18.7 Å². The monoisotopic (exact) mass is 263 g/mol. The first-order valence-electron chi connectivity index (χ1n) is 6.12. The predicted octanol–water partition coefficient (Wildman–Crippen LogP) is 1.99. The van der Waals surface area contributed by atoms with Crippen LogP contribution in [0.15, 0.2) is 0 Å². The van der Waals surface area contributed by atoms with Crippen LogP contribution in [-0.2, 0) is 9.53 Å². The first kappa shape index (κ1) is 16.7. The number of methoxy groups -OCH3 is 1. The van der Waals surface area contributed by atoms with Crippen molar-refractivity contribution in [1.82, 2.24) is 5.32 Å². The second-order valence-corrected chi connectivity index (χ2v) is 5.28. The highest BCUT2D eigenvalue weighted by molar-refractivity contribution is 7.99. The van der Waals surface area contributed by atoms with E-state index in [0.717, 1.165) is 31.0 Å². The Bertz CT molecular complexity index is 208. The van der Waals surface area contributed by atoms with Gasteiger partial charge in [-0.15, -0.1) is 0 Å². The van der Waals surface area contributed by atoms with Crippen LogP contribution in [0, 0.1) is 0 Å². The summed E-state index contributed by atoms with van der Waals surface area (Å²) >= 11 is 1.87. The number of ether oxygens (including phenoxy) is 1. The maximum absolute atomic E-state index is 11.2. The molecule has 2 N–H and O–H groups in total. The van der Waals surface area contributed by atoms with E-state index in [1.54, 1.807) is 14.2 Å². The Balaban J connectivity index is 3.73. The van der Waals surface area contributed by atoms with E-state index < -0.39 is 11.5 Å². The van der Waals surface area contributed by atoms with Gasteiger partial charge < -0.3 is 15.2 Å². The van der Waals surface area contributed by atoms with Gasteiger partial charge in [-0.1, -0.05) is 6.92 Å². The Morgan fingerprint density at radius 3 is 2.53 bits per heavy atom. The summed E-state index contributed by atoms with van der Waals surface area (Å²) in [4.78, 5) is 11.2. The highest BCUT2D eigenvalue weighted by atomic mass is 32.2. The molecule has 102 valence electrons. The zero-order valence-electron chi connectivity index (χ0n) is 11.1. The first-order valence-corrected chi connectivity index (χ1v) is 7.27. The summed E-state index contributed by atoms with van der Waals surface area (Å²) < 4.78 is 4.97. The molecule has 0 radical (unpaired) electrons. The number of likely N-dealkylation sites (N-methyl/N-ethyl adjacent to an activating group) is 1. The smallest absolute Gasteiger partial charge is 0.323 e. The van der Waals surface area contributed by atoms with E-state index in [2.05, 4.69) is 5.32 Å². The van der Waals surface area contributed by atoms with Crippen molar-refractivity contribution in [2.75, 3.05) is 32.3 Å². The fourth-order valence-electron chi connectivity index (χ4n) is 1.73. The summed E-state index contributed by atoms with van der Waals surface area (Å²) in [5.41, 5.74) is -0.743. The molecule has 0 amide bonds. The first-order chi connectivity index (χ1) is 8.13. The lowest BCUT2D eigenvalue weighted by Gasteiger charge is -2.27. The molecule has 0 aliphatic heterocycles. The third kappa shape index (κ3) is 6.29. The third-order valence-electron chi connectivity index (χ3n) is 3.02. The number of hydrogen-bond donors (Lipinski definition) is 2. The summed E-state index contributed by atoms with van der Waals surface area (Å²) in [6.45, 7) is 2.72. The highest BCUT2D eigenvalue weighted by Crippen LogP contribution is 2.19. The standard InChI is InChI=1S/C12H25NO3S/c1-4-12(13-2,11(14)15)7-5-9-17-10-6-8-16-3/h13H,4-10H2,1-3H3,(H,14,15). The minimum atomic E-state index is -0.744. The summed E-state index contributed by atoms with van der Waals surface area (Å²) in [5.74, 6) is 1.35. The minimum absolute atomic E-state index is 0.618. The van der Waals surface area contributed by atoms with Crippen LogP contribution in [-0.4, -0.2) is 48.9 Å². The fourth-order valence-corrected chi connectivity index (χ4v) is 2.60. The molecule has 5 heteroatoms. The van der Waals surface area contributed by atoms with Crippen LogP contribution >= 0.6 is 11.8 Å². The van der Waals surface area contributed by atoms with Crippen molar-refractivity contribution in [3.63, 3.8) is 0 Å². The molecule has 0 aromatic rings. The van der Waals surface area contributed by atoms with Gasteiger partial charge in [-0.3, -0.25) is 4.79 Å². The van der Waals surface area contributed by atoms with Gasteiger partial charge in [0.25, 0.3) is 0 Å². The maximum atomic E-state index is 11.2. The van der Waals surface area contributed by atoms with E-state index in [1.165, 1.54) is 0 Å². The molecule has 0 heterocycles. The Labute approximate surface area is 108 Å².